The van der Waals surface area contributed by atoms with E-state index in [-0.39, 0.29) is 10.5 Å². The Hall–Kier alpha value is -1.54. The molecule has 0 atom stereocenters. The van der Waals surface area contributed by atoms with Crippen molar-refractivity contribution in [3.63, 3.8) is 0 Å². The number of benzene rings is 1. The minimum absolute atomic E-state index is 0.0428. The van der Waals surface area contributed by atoms with Gasteiger partial charge in [-0.1, -0.05) is 13.8 Å². The zero-order chi connectivity index (χ0) is 13.8. The molecule has 0 unspecified atom stereocenters. The highest BCUT2D eigenvalue weighted by Gasteiger charge is 2.14. The molecule has 0 bridgehead atoms. The number of hydrogen-bond acceptors (Lipinski definition) is 4. The molecule has 4 nitrogen and oxygen atoms in total. The van der Waals surface area contributed by atoms with Gasteiger partial charge >= 0.3 is 0 Å². The molecule has 0 spiro atoms. The molecule has 0 aromatic heterocycles. The second-order valence-electron chi connectivity index (χ2n) is 4.57. The van der Waals surface area contributed by atoms with Gasteiger partial charge in [-0.15, -0.1) is 0 Å². The van der Waals surface area contributed by atoms with Gasteiger partial charge in [-0.3, -0.25) is 0 Å². The number of ether oxygens (including phenoxy) is 1. The maximum absolute atomic E-state index is 11.4. The molecule has 1 aromatic carbocycles. The molecule has 0 aliphatic rings. The standard InChI is InChI=1S/C13H17NO3S/c1-10(2)6-7-17-12-4-5-13(18(3,15)16)11(8-12)9-14/h4-5,8,10H,6-7H2,1-3H3. The van der Waals surface area contributed by atoms with Crippen LogP contribution < -0.4 is 4.74 Å². The van der Waals surface area contributed by atoms with Crippen LogP contribution in [0.2, 0.25) is 0 Å². The highest BCUT2D eigenvalue weighted by Crippen LogP contribution is 2.21. The smallest absolute Gasteiger partial charge is 0.176 e. The molecule has 0 saturated carbocycles. The van der Waals surface area contributed by atoms with Crippen LogP contribution in [0.4, 0.5) is 0 Å². The van der Waals surface area contributed by atoms with E-state index in [1.807, 2.05) is 6.07 Å². The van der Waals surface area contributed by atoms with Gasteiger partial charge < -0.3 is 4.74 Å². The number of nitrogens with zero attached hydrogens (tertiary/aromatic N) is 1. The first-order valence-corrected chi connectivity index (χ1v) is 7.60. The first-order chi connectivity index (χ1) is 8.34. The lowest BCUT2D eigenvalue weighted by Crippen LogP contribution is -2.04. The van der Waals surface area contributed by atoms with Crippen molar-refractivity contribution in [1.82, 2.24) is 0 Å². The largest absolute Gasteiger partial charge is 0.494 e. The molecule has 0 N–H and O–H groups in total. The van der Waals surface area contributed by atoms with E-state index in [9.17, 15) is 8.42 Å². The third kappa shape index (κ3) is 4.04. The first kappa shape index (κ1) is 14.5. The molecule has 18 heavy (non-hydrogen) atoms. The molecular weight excluding hydrogens is 250 g/mol. The van der Waals surface area contributed by atoms with E-state index < -0.39 is 9.84 Å². The van der Waals surface area contributed by atoms with E-state index in [0.29, 0.717) is 18.3 Å². The van der Waals surface area contributed by atoms with E-state index in [1.165, 1.54) is 12.1 Å². The Kier molecular flexibility index (Phi) is 4.74. The average molecular weight is 267 g/mol. The van der Waals surface area contributed by atoms with E-state index in [4.69, 9.17) is 10.00 Å². The minimum atomic E-state index is -3.37. The van der Waals surface area contributed by atoms with Gasteiger partial charge in [-0.05, 0) is 30.5 Å². The van der Waals surface area contributed by atoms with Crippen LogP contribution in [0.15, 0.2) is 23.1 Å². The Bertz CT molecular complexity index is 556. The Morgan fingerprint density at radius 3 is 2.56 bits per heavy atom. The summed E-state index contributed by atoms with van der Waals surface area (Å²) in [7, 11) is -3.37. The zero-order valence-electron chi connectivity index (χ0n) is 10.8. The normalized spacial score (nSPS) is 11.3. The van der Waals surface area contributed by atoms with Crippen LogP contribution in [-0.4, -0.2) is 21.3 Å². The van der Waals surface area contributed by atoms with Crippen molar-refractivity contribution >= 4 is 9.84 Å². The lowest BCUT2D eigenvalue weighted by molar-refractivity contribution is 0.289. The summed E-state index contributed by atoms with van der Waals surface area (Å²) in [5.41, 5.74) is 0.125. The zero-order valence-corrected chi connectivity index (χ0v) is 11.6. The fraction of sp³-hybridized carbons (Fsp3) is 0.462. The van der Waals surface area contributed by atoms with Crippen LogP contribution in [0.25, 0.3) is 0 Å². The van der Waals surface area contributed by atoms with Gasteiger partial charge in [0.2, 0.25) is 0 Å². The second kappa shape index (κ2) is 5.87. The van der Waals surface area contributed by atoms with E-state index in [2.05, 4.69) is 13.8 Å². The van der Waals surface area contributed by atoms with Crippen LogP contribution in [0, 0.1) is 17.2 Å². The van der Waals surface area contributed by atoms with Gasteiger partial charge in [-0.2, -0.15) is 5.26 Å². The summed E-state index contributed by atoms with van der Waals surface area (Å²) in [6.07, 6.45) is 2.00. The SMILES string of the molecule is CC(C)CCOc1ccc(S(C)(=O)=O)c(C#N)c1. The molecular formula is C13H17NO3S. The van der Waals surface area contributed by atoms with Crippen molar-refractivity contribution in [2.24, 2.45) is 5.92 Å². The van der Waals surface area contributed by atoms with Crippen molar-refractivity contribution in [2.75, 3.05) is 12.9 Å². The third-order valence-corrected chi connectivity index (χ3v) is 3.59. The van der Waals surface area contributed by atoms with E-state index >= 15 is 0 Å². The van der Waals surface area contributed by atoms with Gasteiger partial charge in [0.15, 0.2) is 9.84 Å². The summed E-state index contributed by atoms with van der Waals surface area (Å²) in [6, 6.07) is 6.35. The van der Waals surface area contributed by atoms with E-state index in [0.717, 1.165) is 12.7 Å². The Morgan fingerprint density at radius 1 is 1.39 bits per heavy atom. The third-order valence-electron chi connectivity index (χ3n) is 2.43. The number of hydrogen-bond donors (Lipinski definition) is 0. The number of rotatable bonds is 5. The van der Waals surface area contributed by atoms with Crippen LogP contribution in [0.3, 0.4) is 0 Å². The van der Waals surface area contributed by atoms with Crippen LogP contribution >= 0.6 is 0 Å². The summed E-state index contributed by atoms with van der Waals surface area (Å²) in [6.45, 7) is 4.74. The summed E-state index contributed by atoms with van der Waals surface area (Å²) in [4.78, 5) is 0.0428. The highest BCUT2D eigenvalue weighted by molar-refractivity contribution is 7.90. The fourth-order valence-corrected chi connectivity index (χ4v) is 2.24. The minimum Gasteiger partial charge on any atom is -0.494 e. The maximum Gasteiger partial charge on any atom is 0.176 e. The molecule has 1 aromatic rings. The average Bonchev–Trinajstić information content (AvgIpc) is 2.26. The Balaban J connectivity index is 2.91. The van der Waals surface area contributed by atoms with Gasteiger partial charge in [-0.25, -0.2) is 8.42 Å². The molecule has 0 aliphatic carbocycles. The lowest BCUT2D eigenvalue weighted by Gasteiger charge is -2.09. The van der Waals surface area contributed by atoms with Gasteiger partial charge in [0.05, 0.1) is 17.1 Å². The predicted molar refractivity (Wildman–Crippen MR) is 69.2 cm³/mol. The number of sulfone groups is 1. The molecule has 98 valence electrons. The quantitative estimate of drug-likeness (QED) is 0.821. The summed E-state index contributed by atoms with van der Waals surface area (Å²) in [5, 5.41) is 8.95. The first-order valence-electron chi connectivity index (χ1n) is 5.71. The van der Waals surface area contributed by atoms with E-state index in [1.54, 1.807) is 6.07 Å². The second-order valence-corrected chi connectivity index (χ2v) is 6.56. The van der Waals surface area contributed by atoms with Crippen molar-refractivity contribution in [3.8, 4) is 11.8 Å². The van der Waals surface area contributed by atoms with Gasteiger partial charge in [0.1, 0.15) is 11.8 Å². The summed E-state index contributed by atoms with van der Waals surface area (Å²) >= 11 is 0. The highest BCUT2D eigenvalue weighted by atomic mass is 32.2. The Labute approximate surface area is 108 Å². The summed E-state index contributed by atoms with van der Waals surface area (Å²) < 4.78 is 28.4. The van der Waals surface area contributed by atoms with Crippen molar-refractivity contribution in [2.45, 2.75) is 25.2 Å². The van der Waals surface area contributed by atoms with Gasteiger partial charge in [0, 0.05) is 6.26 Å². The van der Waals surface area contributed by atoms with Crippen molar-refractivity contribution in [1.29, 1.82) is 5.26 Å². The van der Waals surface area contributed by atoms with Crippen LogP contribution in [0.1, 0.15) is 25.8 Å². The van der Waals surface area contributed by atoms with Crippen molar-refractivity contribution < 1.29 is 13.2 Å². The topological polar surface area (TPSA) is 67.2 Å². The molecule has 0 radical (unpaired) electrons. The van der Waals surface area contributed by atoms with Crippen LogP contribution in [0.5, 0.6) is 5.75 Å². The molecule has 0 amide bonds. The molecule has 1 rings (SSSR count). The predicted octanol–water partition coefficient (Wildman–Crippen LogP) is 2.39. The Morgan fingerprint density at radius 2 is 2.06 bits per heavy atom. The molecule has 0 saturated heterocycles. The lowest BCUT2D eigenvalue weighted by atomic mass is 10.1. The molecule has 5 heteroatoms. The maximum atomic E-state index is 11.4. The van der Waals surface area contributed by atoms with Gasteiger partial charge in [0.25, 0.3) is 0 Å². The monoisotopic (exact) mass is 267 g/mol. The fourth-order valence-electron chi connectivity index (χ4n) is 1.42. The molecule has 0 fully saturated rings. The molecule has 0 heterocycles. The number of nitriles is 1. The summed E-state index contributed by atoms with van der Waals surface area (Å²) in [5.74, 6) is 1.07. The molecule has 0 aliphatic heterocycles. The van der Waals surface area contributed by atoms with Crippen LogP contribution in [-0.2, 0) is 9.84 Å². The van der Waals surface area contributed by atoms with Crippen molar-refractivity contribution in [3.05, 3.63) is 23.8 Å².